The van der Waals surface area contributed by atoms with E-state index in [1.54, 1.807) is 19.9 Å². The van der Waals surface area contributed by atoms with Gasteiger partial charge in [0.05, 0.1) is 6.20 Å². The molecule has 0 saturated carbocycles. The molecule has 0 saturated heterocycles. The van der Waals surface area contributed by atoms with E-state index in [0.717, 1.165) is 6.20 Å². The van der Waals surface area contributed by atoms with Gasteiger partial charge in [-0.15, -0.1) is 0 Å². The van der Waals surface area contributed by atoms with Gasteiger partial charge in [0, 0.05) is 0 Å². The number of aromatic nitrogens is 1. The molecule has 3 heteroatoms. The number of rotatable bonds is 0. The minimum atomic E-state index is -0.688. The normalized spacial score (nSPS) is 11.7. The Bertz CT molecular complexity index is 363. The fourth-order valence-electron chi connectivity index (χ4n) is 0.786. The molecule has 0 fully saturated rings. The Morgan fingerprint density at radius 3 is 2.85 bits per heavy atom. The standard InChI is InChI=1S/C10H10FNO/c1-7-5-9(4-3-8(2)13)12-6-10(7)11/h5-6,8,13H,1-2H3/t8-/m1/s1. The van der Waals surface area contributed by atoms with Gasteiger partial charge in [0.1, 0.15) is 17.6 Å². The molecule has 0 amide bonds. The third kappa shape index (κ3) is 2.85. The number of halogens is 1. The summed E-state index contributed by atoms with van der Waals surface area (Å²) in [6.07, 6.45) is 0.439. The predicted octanol–water partition coefficient (Wildman–Crippen LogP) is 1.26. The molecule has 0 spiro atoms. The van der Waals surface area contributed by atoms with Crippen molar-refractivity contribution in [2.45, 2.75) is 20.0 Å². The lowest BCUT2D eigenvalue weighted by molar-refractivity contribution is 0.253. The largest absolute Gasteiger partial charge is 0.381 e. The highest BCUT2D eigenvalue weighted by Gasteiger charge is 1.97. The molecule has 0 aliphatic rings. The fraction of sp³-hybridized carbons (Fsp3) is 0.300. The van der Waals surface area contributed by atoms with Crippen LogP contribution in [-0.4, -0.2) is 16.2 Å². The van der Waals surface area contributed by atoms with Crippen LogP contribution in [0.25, 0.3) is 0 Å². The number of nitrogens with zero attached hydrogens (tertiary/aromatic N) is 1. The zero-order valence-corrected chi connectivity index (χ0v) is 7.50. The van der Waals surface area contributed by atoms with E-state index in [9.17, 15) is 4.39 Å². The molecule has 1 aromatic heterocycles. The fourth-order valence-corrected chi connectivity index (χ4v) is 0.786. The van der Waals surface area contributed by atoms with E-state index in [1.165, 1.54) is 0 Å². The van der Waals surface area contributed by atoms with E-state index in [2.05, 4.69) is 16.8 Å². The van der Waals surface area contributed by atoms with Crippen molar-refractivity contribution in [2.24, 2.45) is 0 Å². The molecular formula is C10H10FNO. The zero-order valence-electron chi connectivity index (χ0n) is 7.50. The summed E-state index contributed by atoms with van der Waals surface area (Å²) in [5.74, 6) is 4.82. The van der Waals surface area contributed by atoms with E-state index in [0.29, 0.717) is 11.3 Å². The lowest BCUT2D eigenvalue weighted by Crippen LogP contribution is -1.94. The summed E-state index contributed by atoms with van der Waals surface area (Å²) in [5.41, 5.74) is 0.977. The van der Waals surface area contributed by atoms with Crippen LogP contribution in [-0.2, 0) is 0 Å². The highest BCUT2D eigenvalue weighted by Crippen LogP contribution is 2.04. The van der Waals surface area contributed by atoms with Crippen LogP contribution < -0.4 is 0 Å². The molecule has 13 heavy (non-hydrogen) atoms. The molecule has 0 aromatic carbocycles. The van der Waals surface area contributed by atoms with Crippen LogP contribution >= 0.6 is 0 Å². The van der Waals surface area contributed by atoms with E-state index < -0.39 is 6.10 Å². The predicted molar refractivity (Wildman–Crippen MR) is 47.5 cm³/mol. The molecule has 1 atom stereocenters. The monoisotopic (exact) mass is 179 g/mol. The number of aliphatic hydroxyl groups excluding tert-OH is 1. The van der Waals surface area contributed by atoms with Crippen molar-refractivity contribution in [3.8, 4) is 11.8 Å². The maximum absolute atomic E-state index is 12.7. The average molecular weight is 179 g/mol. The zero-order chi connectivity index (χ0) is 9.84. The summed E-state index contributed by atoms with van der Waals surface area (Å²) in [6.45, 7) is 3.20. The molecule has 1 N–H and O–H groups in total. The number of hydrogen-bond donors (Lipinski definition) is 1. The number of hydrogen-bond acceptors (Lipinski definition) is 2. The summed E-state index contributed by atoms with van der Waals surface area (Å²) >= 11 is 0. The van der Waals surface area contributed by atoms with Crippen LogP contribution in [0.5, 0.6) is 0 Å². The maximum atomic E-state index is 12.7. The van der Waals surface area contributed by atoms with Crippen molar-refractivity contribution in [1.29, 1.82) is 0 Å². The first-order valence-corrected chi connectivity index (χ1v) is 3.91. The highest BCUT2D eigenvalue weighted by molar-refractivity contribution is 5.31. The Hall–Kier alpha value is -1.40. The van der Waals surface area contributed by atoms with Crippen LogP contribution in [0.15, 0.2) is 12.3 Å². The van der Waals surface area contributed by atoms with Crippen molar-refractivity contribution in [1.82, 2.24) is 4.98 Å². The summed E-state index contributed by atoms with van der Waals surface area (Å²) < 4.78 is 12.7. The Kier molecular flexibility index (Phi) is 2.99. The molecule has 0 bridgehead atoms. The second-order valence-electron chi connectivity index (χ2n) is 2.76. The van der Waals surface area contributed by atoms with Crippen molar-refractivity contribution < 1.29 is 9.50 Å². The van der Waals surface area contributed by atoms with Crippen molar-refractivity contribution in [3.63, 3.8) is 0 Å². The van der Waals surface area contributed by atoms with Crippen LogP contribution in [0.1, 0.15) is 18.2 Å². The van der Waals surface area contributed by atoms with Crippen molar-refractivity contribution in [2.75, 3.05) is 0 Å². The van der Waals surface area contributed by atoms with Gasteiger partial charge in [-0.25, -0.2) is 9.37 Å². The minimum Gasteiger partial charge on any atom is -0.381 e. The summed E-state index contributed by atoms with van der Waals surface area (Å²) in [5, 5.41) is 8.86. The first-order chi connectivity index (χ1) is 6.09. The highest BCUT2D eigenvalue weighted by atomic mass is 19.1. The van der Waals surface area contributed by atoms with Gasteiger partial charge in [-0.1, -0.05) is 5.92 Å². The molecule has 68 valence electrons. The third-order valence-corrected chi connectivity index (χ3v) is 1.46. The summed E-state index contributed by atoms with van der Waals surface area (Å²) in [4.78, 5) is 3.75. The molecular weight excluding hydrogens is 169 g/mol. The van der Waals surface area contributed by atoms with Gasteiger partial charge < -0.3 is 5.11 Å². The van der Waals surface area contributed by atoms with Gasteiger partial charge in [0.2, 0.25) is 0 Å². The van der Waals surface area contributed by atoms with Crippen LogP contribution in [0.3, 0.4) is 0 Å². The first-order valence-electron chi connectivity index (χ1n) is 3.91. The number of aryl methyl sites for hydroxylation is 1. The average Bonchev–Trinajstić information content (AvgIpc) is 2.07. The van der Waals surface area contributed by atoms with Gasteiger partial charge in [-0.3, -0.25) is 0 Å². The molecule has 0 radical (unpaired) electrons. The lowest BCUT2D eigenvalue weighted by Gasteiger charge is -1.95. The van der Waals surface area contributed by atoms with E-state index >= 15 is 0 Å². The van der Waals surface area contributed by atoms with Crippen LogP contribution in [0.4, 0.5) is 4.39 Å². The third-order valence-electron chi connectivity index (χ3n) is 1.46. The van der Waals surface area contributed by atoms with Crippen LogP contribution in [0, 0.1) is 24.6 Å². The Morgan fingerprint density at radius 1 is 1.62 bits per heavy atom. The Labute approximate surface area is 76.4 Å². The van der Waals surface area contributed by atoms with Crippen molar-refractivity contribution >= 4 is 0 Å². The molecule has 0 aliphatic carbocycles. The quantitative estimate of drug-likeness (QED) is 0.608. The lowest BCUT2D eigenvalue weighted by atomic mass is 10.2. The SMILES string of the molecule is Cc1cc(C#C[C@@H](C)O)ncc1F. The molecule has 1 aromatic rings. The van der Waals surface area contributed by atoms with Gasteiger partial charge >= 0.3 is 0 Å². The van der Waals surface area contributed by atoms with Gasteiger partial charge in [0.25, 0.3) is 0 Å². The van der Waals surface area contributed by atoms with Gasteiger partial charge in [-0.2, -0.15) is 0 Å². The first kappa shape index (κ1) is 9.69. The van der Waals surface area contributed by atoms with Gasteiger partial charge in [0.15, 0.2) is 0 Å². The van der Waals surface area contributed by atoms with E-state index in [-0.39, 0.29) is 5.82 Å². The number of aliphatic hydroxyl groups is 1. The summed E-state index contributed by atoms with van der Waals surface area (Å²) in [6, 6.07) is 1.55. The molecule has 0 unspecified atom stereocenters. The van der Waals surface area contributed by atoms with Gasteiger partial charge in [-0.05, 0) is 31.4 Å². The summed E-state index contributed by atoms with van der Waals surface area (Å²) in [7, 11) is 0. The maximum Gasteiger partial charge on any atom is 0.144 e. The molecule has 0 aliphatic heterocycles. The van der Waals surface area contributed by atoms with Crippen LogP contribution in [0.2, 0.25) is 0 Å². The molecule has 1 heterocycles. The topological polar surface area (TPSA) is 33.1 Å². The molecule has 1 rings (SSSR count). The minimum absolute atomic E-state index is 0.345. The second-order valence-corrected chi connectivity index (χ2v) is 2.76. The number of pyridine rings is 1. The molecule has 2 nitrogen and oxygen atoms in total. The van der Waals surface area contributed by atoms with E-state index in [1.807, 2.05) is 0 Å². The smallest absolute Gasteiger partial charge is 0.144 e. The Balaban J connectivity index is 2.94. The second kappa shape index (κ2) is 4.01. The van der Waals surface area contributed by atoms with Crippen molar-refractivity contribution in [3.05, 3.63) is 29.3 Å². The Morgan fingerprint density at radius 2 is 2.31 bits per heavy atom. The van der Waals surface area contributed by atoms with E-state index in [4.69, 9.17) is 5.11 Å².